The van der Waals surface area contributed by atoms with Gasteiger partial charge in [-0.2, -0.15) is 0 Å². The van der Waals surface area contributed by atoms with Crippen molar-refractivity contribution in [2.75, 3.05) is 26.2 Å². The van der Waals surface area contributed by atoms with E-state index in [4.69, 9.17) is 19.2 Å². The first kappa shape index (κ1) is 25.4. The molecule has 1 fully saturated rings. The zero-order valence-corrected chi connectivity index (χ0v) is 22.0. The number of methoxy groups -OCH3 is 3. The summed E-state index contributed by atoms with van der Waals surface area (Å²) < 4.78 is 16.5. The lowest BCUT2D eigenvalue weighted by molar-refractivity contribution is -0.113. The Kier molecular flexibility index (Phi) is 8.00. The lowest BCUT2D eigenvalue weighted by atomic mass is 10.1. The molecule has 6 nitrogen and oxygen atoms in total. The van der Waals surface area contributed by atoms with Crippen LogP contribution in [0.5, 0.6) is 17.2 Å². The average molecular weight is 503 g/mol. The number of thioether (sulfide) groups is 1. The van der Waals surface area contributed by atoms with Crippen molar-refractivity contribution >= 4 is 40.3 Å². The summed E-state index contributed by atoms with van der Waals surface area (Å²) in [5.41, 5.74) is 4.72. The first-order valence-corrected chi connectivity index (χ1v) is 12.6. The number of hydrogen-bond donors (Lipinski definition) is 0. The van der Waals surface area contributed by atoms with Crippen molar-refractivity contribution in [2.24, 2.45) is 4.99 Å². The molecule has 3 aromatic rings. The summed E-state index contributed by atoms with van der Waals surface area (Å²) in [6.07, 6.45) is 3.70. The van der Waals surface area contributed by atoms with Crippen molar-refractivity contribution in [1.29, 1.82) is 0 Å². The first-order valence-electron chi connectivity index (χ1n) is 11.8. The van der Waals surface area contributed by atoms with Gasteiger partial charge in [0.25, 0.3) is 5.91 Å². The second-order valence-corrected chi connectivity index (χ2v) is 9.12. The highest BCUT2D eigenvalue weighted by Crippen LogP contribution is 2.43. The molecule has 0 radical (unpaired) electrons. The Bertz CT molecular complexity index is 1300. The number of nitrogens with zero attached hydrogens (tertiary/aromatic N) is 2. The Balaban J connectivity index is 1.79. The normalized spacial score (nSPS) is 15.6. The molecule has 0 atom stereocenters. The van der Waals surface area contributed by atoms with E-state index in [1.165, 1.54) is 22.9 Å². The highest BCUT2D eigenvalue weighted by atomic mass is 32.2. The molecule has 1 amide bonds. The summed E-state index contributed by atoms with van der Waals surface area (Å²) in [4.78, 5) is 20.7. The van der Waals surface area contributed by atoms with E-state index in [-0.39, 0.29) is 5.91 Å². The Morgan fingerprint density at radius 1 is 0.806 bits per heavy atom. The molecule has 4 rings (SSSR count). The predicted octanol–water partition coefficient (Wildman–Crippen LogP) is 6.65. The van der Waals surface area contributed by atoms with Gasteiger partial charge >= 0.3 is 0 Å². The van der Waals surface area contributed by atoms with Gasteiger partial charge in [0, 0.05) is 5.56 Å². The van der Waals surface area contributed by atoms with Crippen molar-refractivity contribution < 1.29 is 19.0 Å². The van der Waals surface area contributed by atoms with Crippen LogP contribution in [-0.4, -0.2) is 32.4 Å². The Morgan fingerprint density at radius 3 is 1.97 bits per heavy atom. The number of carbonyl (C=O) groups excluding carboxylic acids is 1. The van der Waals surface area contributed by atoms with Crippen LogP contribution in [0.1, 0.15) is 30.5 Å². The predicted molar refractivity (Wildman–Crippen MR) is 148 cm³/mol. The number of anilines is 1. The second-order valence-electron chi connectivity index (χ2n) is 8.11. The highest BCUT2D eigenvalue weighted by molar-refractivity contribution is 8.19. The standard InChI is InChI=1S/C29H30N2O4S/c1-6-19-8-13-22(14-9-19)30-29-31(23-15-10-20(7-2)11-16-23)28(32)25(36-29)18-21-12-17-24(33-3)27(35-5)26(21)34-4/h8-18H,6-7H2,1-5H3/b25-18+,30-29?. The molecule has 3 aromatic carbocycles. The van der Waals surface area contributed by atoms with Gasteiger partial charge in [0.2, 0.25) is 5.75 Å². The molecular weight excluding hydrogens is 472 g/mol. The fourth-order valence-electron chi connectivity index (χ4n) is 3.95. The van der Waals surface area contributed by atoms with Crippen LogP contribution in [0, 0.1) is 0 Å². The van der Waals surface area contributed by atoms with Crippen LogP contribution in [-0.2, 0) is 17.6 Å². The van der Waals surface area contributed by atoms with Gasteiger partial charge in [-0.25, -0.2) is 4.99 Å². The number of aryl methyl sites for hydroxylation is 2. The summed E-state index contributed by atoms with van der Waals surface area (Å²) in [6.45, 7) is 4.23. The van der Waals surface area contributed by atoms with Crippen LogP contribution in [0.25, 0.3) is 6.08 Å². The van der Waals surface area contributed by atoms with Gasteiger partial charge in [-0.1, -0.05) is 38.1 Å². The first-order chi connectivity index (χ1) is 17.5. The summed E-state index contributed by atoms with van der Waals surface area (Å²) in [5.74, 6) is 1.38. The quantitative estimate of drug-likeness (QED) is 0.323. The lowest BCUT2D eigenvalue weighted by Crippen LogP contribution is -2.28. The van der Waals surface area contributed by atoms with E-state index >= 15 is 0 Å². The Labute approximate surface area is 216 Å². The lowest BCUT2D eigenvalue weighted by Gasteiger charge is -2.16. The van der Waals surface area contributed by atoms with Crippen molar-refractivity contribution in [3.05, 3.63) is 82.3 Å². The van der Waals surface area contributed by atoms with Gasteiger partial charge in [0.05, 0.1) is 37.6 Å². The summed E-state index contributed by atoms with van der Waals surface area (Å²) in [7, 11) is 4.70. The molecule has 0 aliphatic carbocycles. The van der Waals surface area contributed by atoms with Gasteiger partial charge in [-0.15, -0.1) is 0 Å². The third kappa shape index (κ3) is 5.11. The van der Waals surface area contributed by atoms with Gasteiger partial charge < -0.3 is 14.2 Å². The third-order valence-electron chi connectivity index (χ3n) is 6.00. The van der Waals surface area contributed by atoms with E-state index in [1.807, 2.05) is 48.5 Å². The van der Waals surface area contributed by atoms with Crippen molar-refractivity contribution in [2.45, 2.75) is 26.7 Å². The molecule has 1 aliphatic heterocycles. The van der Waals surface area contributed by atoms with Crippen LogP contribution in [0.15, 0.2) is 70.6 Å². The average Bonchev–Trinajstić information content (AvgIpc) is 3.22. The van der Waals surface area contributed by atoms with Crippen molar-refractivity contribution in [1.82, 2.24) is 0 Å². The number of carbonyl (C=O) groups is 1. The van der Waals surface area contributed by atoms with Gasteiger partial charge in [-0.05, 0) is 78.2 Å². The maximum Gasteiger partial charge on any atom is 0.271 e. The SMILES string of the molecule is CCc1ccc(N=C2S/C(=C/c3ccc(OC)c(OC)c3OC)C(=O)N2c2ccc(CC)cc2)cc1. The Hall–Kier alpha value is -3.71. The van der Waals surface area contributed by atoms with E-state index in [0.717, 1.165) is 24.2 Å². The Morgan fingerprint density at radius 2 is 1.42 bits per heavy atom. The largest absolute Gasteiger partial charge is 0.493 e. The number of amides is 1. The number of ether oxygens (including phenoxy) is 3. The molecule has 0 spiro atoms. The number of rotatable bonds is 8. The van der Waals surface area contributed by atoms with Crippen LogP contribution in [0.3, 0.4) is 0 Å². The minimum absolute atomic E-state index is 0.148. The second kappa shape index (κ2) is 11.4. The molecule has 0 bridgehead atoms. The van der Waals surface area contributed by atoms with Gasteiger partial charge in [0.15, 0.2) is 16.7 Å². The smallest absolute Gasteiger partial charge is 0.271 e. The van der Waals surface area contributed by atoms with E-state index in [9.17, 15) is 4.79 Å². The number of aliphatic imine (C=N–C) groups is 1. The molecule has 7 heteroatoms. The molecule has 0 unspecified atom stereocenters. The van der Waals surface area contributed by atoms with Gasteiger partial charge in [-0.3, -0.25) is 9.69 Å². The molecular formula is C29H30N2O4S. The number of benzene rings is 3. The van der Waals surface area contributed by atoms with Gasteiger partial charge in [0.1, 0.15) is 0 Å². The van der Waals surface area contributed by atoms with Crippen LogP contribution >= 0.6 is 11.8 Å². The van der Waals surface area contributed by atoms with Crippen LogP contribution in [0.4, 0.5) is 11.4 Å². The summed E-state index contributed by atoms with van der Waals surface area (Å²) >= 11 is 1.33. The van der Waals surface area contributed by atoms with E-state index in [2.05, 4.69) is 26.0 Å². The minimum Gasteiger partial charge on any atom is -0.493 e. The third-order valence-corrected chi connectivity index (χ3v) is 6.97. The molecule has 1 saturated heterocycles. The van der Waals surface area contributed by atoms with Crippen molar-refractivity contribution in [3.8, 4) is 17.2 Å². The topological polar surface area (TPSA) is 60.4 Å². The summed E-state index contributed by atoms with van der Waals surface area (Å²) in [6, 6.07) is 19.7. The molecule has 0 saturated carbocycles. The van der Waals surface area contributed by atoms with E-state index in [1.54, 1.807) is 32.3 Å². The molecule has 0 N–H and O–H groups in total. The molecule has 1 heterocycles. The fourth-order valence-corrected chi connectivity index (χ4v) is 4.94. The number of hydrogen-bond acceptors (Lipinski definition) is 6. The highest BCUT2D eigenvalue weighted by Gasteiger charge is 2.35. The monoisotopic (exact) mass is 502 g/mol. The van der Waals surface area contributed by atoms with Crippen LogP contribution < -0.4 is 19.1 Å². The fraction of sp³-hybridized carbons (Fsp3) is 0.241. The number of amidine groups is 1. The van der Waals surface area contributed by atoms with Crippen LogP contribution in [0.2, 0.25) is 0 Å². The zero-order chi connectivity index (χ0) is 25.7. The summed E-state index contributed by atoms with van der Waals surface area (Å²) in [5, 5.41) is 0.596. The molecule has 186 valence electrons. The maximum absolute atomic E-state index is 13.7. The van der Waals surface area contributed by atoms with Crippen molar-refractivity contribution in [3.63, 3.8) is 0 Å². The maximum atomic E-state index is 13.7. The van der Waals surface area contributed by atoms with E-state index < -0.39 is 0 Å². The van der Waals surface area contributed by atoms with E-state index in [0.29, 0.717) is 32.9 Å². The molecule has 0 aromatic heterocycles. The minimum atomic E-state index is -0.148. The molecule has 1 aliphatic rings. The molecule has 36 heavy (non-hydrogen) atoms. The zero-order valence-electron chi connectivity index (χ0n) is 21.2.